The highest BCUT2D eigenvalue weighted by Gasteiger charge is 2.27. The molecular weight excluding hydrogens is 247 g/mol. The zero-order valence-electron chi connectivity index (χ0n) is 12.0. The summed E-state index contributed by atoms with van der Waals surface area (Å²) in [5.74, 6) is 3.02. The molecule has 1 aromatic carbocycles. The van der Waals surface area contributed by atoms with E-state index in [0.717, 1.165) is 0 Å². The quantitative estimate of drug-likeness (QED) is 0.644. The number of rotatable bonds is 3. The van der Waals surface area contributed by atoms with Crippen LogP contribution in [0.4, 0.5) is 0 Å². The molecule has 1 heterocycles. The Labute approximate surface area is 117 Å². The highest BCUT2D eigenvalue weighted by atomic mass is 31.1. The summed E-state index contributed by atoms with van der Waals surface area (Å²) in [6.45, 7) is 6.94. The van der Waals surface area contributed by atoms with E-state index in [4.69, 9.17) is 0 Å². The molecule has 0 aliphatic heterocycles. The molecule has 1 heteroatoms. The van der Waals surface area contributed by atoms with E-state index in [1.54, 1.807) is 10.9 Å². The van der Waals surface area contributed by atoms with Gasteiger partial charge in [0, 0.05) is 11.2 Å². The van der Waals surface area contributed by atoms with Crippen molar-refractivity contribution in [1.82, 2.24) is 0 Å². The number of aryl methyl sites for hydroxylation is 2. The molecule has 3 rings (SSSR count). The Balaban J connectivity index is 2.12. The van der Waals surface area contributed by atoms with Gasteiger partial charge < -0.3 is 0 Å². The van der Waals surface area contributed by atoms with Crippen LogP contribution in [0.5, 0.6) is 0 Å². The first-order chi connectivity index (χ1) is 9.22. The van der Waals surface area contributed by atoms with Crippen LogP contribution in [0.3, 0.4) is 0 Å². The third-order valence-corrected chi connectivity index (χ3v) is 6.10. The second kappa shape index (κ2) is 5.02. The molecular formula is C18H21P. The van der Waals surface area contributed by atoms with Crippen molar-refractivity contribution in [2.75, 3.05) is 0 Å². The van der Waals surface area contributed by atoms with Gasteiger partial charge in [-0.3, -0.25) is 0 Å². The van der Waals surface area contributed by atoms with Crippen LogP contribution in [0, 0.1) is 6.92 Å². The predicted octanol–water partition coefficient (Wildman–Crippen LogP) is 5.96. The maximum atomic E-state index is 2.44. The van der Waals surface area contributed by atoms with Crippen molar-refractivity contribution >= 4 is 19.2 Å². The molecule has 0 spiro atoms. The van der Waals surface area contributed by atoms with Crippen molar-refractivity contribution in [1.29, 1.82) is 0 Å². The smallest absolute Gasteiger partial charge is 0.0105 e. The van der Waals surface area contributed by atoms with Crippen LogP contribution >= 0.6 is 7.53 Å². The maximum absolute atomic E-state index is 2.44. The lowest BCUT2D eigenvalue weighted by atomic mass is 9.90. The molecule has 2 atom stereocenters. The summed E-state index contributed by atoms with van der Waals surface area (Å²) in [5.41, 5.74) is 6.05. The summed E-state index contributed by atoms with van der Waals surface area (Å²) in [6.07, 6.45) is 4.96. The third-order valence-electron chi connectivity index (χ3n) is 4.18. The van der Waals surface area contributed by atoms with Crippen molar-refractivity contribution in [3.8, 4) is 0 Å². The highest BCUT2D eigenvalue weighted by molar-refractivity contribution is 7.48. The SMILES string of the molecule is CCCC1C(c2c(C)ccp2C)=Cc2ccccc21. The van der Waals surface area contributed by atoms with Crippen molar-refractivity contribution < 1.29 is 0 Å². The molecule has 1 aliphatic rings. The molecule has 2 unspecified atom stereocenters. The molecule has 0 saturated heterocycles. The summed E-state index contributed by atoms with van der Waals surface area (Å²) in [4.78, 5) is 0. The monoisotopic (exact) mass is 268 g/mol. The first kappa shape index (κ1) is 12.8. The summed E-state index contributed by atoms with van der Waals surface area (Å²) < 4.78 is 0. The summed E-state index contributed by atoms with van der Waals surface area (Å²) in [6, 6.07) is 11.2. The van der Waals surface area contributed by atoms with Crippen molar-refractivity contribution in [2.45, 2.75) is 32.6 Å². The Hall–Kier alpha value is -1.26. The van der Waals surface area contributed by atoms with Gasteiger partial charge in [0.15, 0.2) is 0 Å². The molecule has 2 aromatic rings. The molecule has 0 N–H and O–H groups in total. The fourth-order valence-electron chi connectivity index (χ4n) is 3.31. The lowest BCUT2D eigenvalue weighted by Crippen LogP contribution is -1.98. The zero-order valence-corrected chi connectivity index (χ0v) is 12.9. The second-order valence-electron chi connectivity index (χ2n) is 5.53. The standard InChI is InChI=1S/C18H21P/c1-4-7-16-15-9-6-5-8-14(15)12-17(16)18-13(2)10-11-19(18)3/h5-6,8-12,16H,4,7H2,1-3H3. The van der Waals surface area contributed by atoms with E-state index in [1.807, 2.05) is 0 Å². The Morgan fingerprint density at radius 2 is 1.95 bits per heavy atom. The normalized spacial score (nSPS) is 18.4. The average Bonchev–Trinajstić information content (AvgIpc) is 2.92. The zero-order chi connectivity index (χ0) is 13.4. The van der Waals surface area contributed by atoms with Crippen LogP contribution in [-0.2, 0) is 6.66 Å². The number of hydrogen-bond acceptors (Lipinski definition) is 0. The molecule has 0 nitrogen and oxygen atoms in total. The van der Waals surface area contributed by atoms with Crippen molar-refractivity contribution in [3.63, 3.8) is 0 Å². The van der Waals surface area contributed by atoms with Gasteiger partial charge in [-0.1, -0.05) is 43.7 Å². The van der Waals surface area contributed by atoms with Gasteiger partial charge in [0.1, 0.15) is 0 Å². The minimum Gasteiger partial charge on any atom is -0.120 e. The van der Waals surface area contributed by atoms with Crippen molar-refractivity contribution in [3.05, 3.63) is 58.1 Å². The Kier molecular flexibility index (Phi) is 3.37. The van der Waals surface area contributed by atoms with Gasteiger partial charge >= 0.3 is 0 Å². The number of hydrogen-bond donors (Lipinski definition) is 0. The molecule has 0 saturated carbocycles. The van der Waals surface area contributed by atoms with E-state index in [2.05, 4.69) is 62.7 Å². The van der Waals surface area contributed by atoms with Crippen LogP contribution < -0.4 is 0 Å². The van der Waals surface area contributed by atoms with Gasteiger partial charge in [0.25, 0.3) is 0 Å². The van der Waals surface area contributed by atoms with E-state index < -0.39 is 0 Å². The summed E-state index contributed by atoms with van der Waals surface area (Å²) in [7, 11) is -0.0880. The molecule has 98 valence electrons. The van der Waals surface area contributed by atoms with Gasteiger partial charge in [-0.25, -0.2) is 0 Å². The molecule has 0 bridgehead atoms. The van der Waals surface area contributed by atoms with Gasteiger partial charge in [-0.2, -0.15) is 0 Å². The van der Waals surface area contributed by atoms with Crippen LogP contribution in [0.15, 0.2) is 36.1 Å². The van der Waals surface area contributed by atoms with Gasteiger partial charge in [0.2, 0.25) is 0 Å². The largest absolute Gasteiger partial charge is 0.120 e. The maximum Gasteiger partial charge on any atom is 0.0105 e. The van der Waals surface area contributed by atoms with Crippen LogP contribution in [0.25, 0.3) is 11.6 Å². The molecule has 0 radical (unpaired) electrons. The summed E-state index contributed by atoms with van der Waals surface area (Å²) in [5, 5.41) is 1.63. The molecule has 19 heavy (non-hydrogen) atoms. The van der Waals surface area contributed by atoms with E-state index in [9.17, 15) is 0 Å². The first-order valence-corrected chi connectivity index (χ1v) is 9.01. The van der Waals surface area contributed by atoms with Crippen LogP contribution in [0.2, 0.25) is 0 Å². The number of allylic oxidation sites excluding steroid dienone is 1. The third kappa shape index (κ3) is 2.09. The van der Waals surface area contributed by atoms with Gasteiger partial charge in [-0.05, 0) is 54.1 Å². The fourth-order valence-corrected chi connectivity index (χ4v) is 5.17. The second-order valence-corrected chi connectivity index (χ2v) is 7.50. The van der Waals surface area contributed by atoms with Crippen molar-refractivity contribution in [2.24, 2.45) is 6.66 Å². The van der Waals surface area contributed by atoms with E-state index in [1.165, 1.54) is 29.5 Å². The van der Waals surface area contributed by atoms with Crippen LogP contribution in [-0.4, -0.2) is 0 Å². The van der Waals surface area contributed by atoms with Gasteiger partial charge in [0.05, 0.1) is 0 Å². The number of benzene rings is 1. The van der Waals surface area contributed by atoms with E-state index in [-0.39, 0.29) is 7.53 Å². The van der Waals surface area contributed by atoms with Gasteiger partial charge in [-0.15, -0.1) is 7.53 Å². The highest BCUT2D eigenvalue weighted by Crippen LogP contribution is 2.50. The lowest BCUT2D eigenvalue weighted by Gasteiger charge is -2.17. The Morgan fingerprint density at radius 3 is 2.63 bits per heavy atom. The summed E-state index contributed by atoms with van der Waals surface area (Å²) >= 11 is 0. The Bertz CT molecular complexity index is 611. The lowest BCUT2D eigenvalue weighted by molar-refractivity contribution is 0.738. The molecule has 0 amide bonds. The fraction of sp³-hybridized carbons (Fsp3) is 0.333. The molecule has 0 fully saturated rings. The minimum absolute atomic E-state index is 0.0880. The average molecular weight is 268 g/mol. The Morgan fingerprint density at radius 1 is 1.16 bits per heavy atom. The molecule has 1 aromatic heterocycles. The van der Waals surface area contributed by atoms with E-state index in [0.29, 0.717) is 5.92 Å². The van der Waals surface area contributed by atoms with Crippen LogP contribution in [0.1, 0.15) is 47.7 Å². The van der Waals surface area contributed by atoms with E-state index >= 15 is 0 Å². The molecule has 1 aliphatic carbocycles. The first-order valence-electron chi connectivity index (χ1n) is 7.15. The minimum atomic E-state index is -0.0880. The predicted molar refractivity (Wildman–Crippen MR) is 86.8 cm³/mol. The topological polar surface area (TPSA) is 0 Å². The number of fused-ring (bicyclic) bond motifs is 1.